The van der Waals surface area contributed by atoms with Crippen LogP contribution in [0.3, 0.4) is 0 Å². The van der Waals surface area contributed by atoms with Crippen LogP contribution in [-0.4, -0.2) is 43.6 Å². The molecule has 4 nitrogen and oxygen atoms in total. The molecule has 2 rings (SSSR count). The lowest BCUT2D eigenvalue weighted by molar-refractivity contribution is 0.0766. The molecule has 1 aliphatic heterocycles. The number of nitrogens with one attached hydrogen (secondary N) is 1. The van der Waals surface area contributed by atoms with Crippen LogP contribution in [-0.2, 0) is 0 Å². The second-order valence-corrected chi connectivity index (χ2v) is 4.36. The molecule has 0 bridgehead atoms. The van der Waals surface area contributed by atoms with E-state index in [0.717, 1.165) is 38.3 Å². The zero-order valence-electron chi connectivity index (χ0n) is 11.2. The molecule has 0 radical (unpaired) electrons. The van der Waals surface area contributed by atoms with Gasteiger partial charge in [-0.05, 0) is 38.1 Å². The van der Waals surface area contributed by atoms with Crippen LogP contribution in [0.2, 0.25) is 0 Å². The Labute approximate surface area is 120 Å². The first-order chi connectivity index (χ1) is 8.81. The van der Waals surface area contributed by atoms with Gasteiger partial charge in [0.15, 0.2) is 0 Å². The van der Waals surface area contributed by atoms with Gasteiger partial charge >= 0.3 is 0 Å². The molecule has 106 valence electrons. The fraction of sp³-hybridized carbons (Fsp3) is 0.500. The SMILES string of the molecule is CCOc1cccc(C(=O)N2CCCNCC2)c1.Cl. The molecule has 1 aromatic carbocycles. The average Bonchev–Trinajstić information content (AvgIpc) is 2.67. The Bertz CT molecular complexity index is 404. The maximum absolute atomic E-state index is 12.4. The molecule has 1 N–H and O–H groups in total. The Morgan fingerprint density at radius 3 is 3.00 bits per heavy atom. The van der Waals surface area contributed by atoms with E-state index in [1.165, 1.54) is 0 Å². The summed E-state index contributed by atoms with van der Waals surface area (Å²) in [6.07, 6.45) is 1.01. The highest BCUT2D eigenvalue weighted by atomic mass is 35.5. The van der Waals surface area contributed by atoms with Crippen molar-refractivity contribution >= 4 is 18.3 Å². The molecule has 0 saturated carbocycles. The Morgan fingerprint density at radius 2 is 2.21 bits per heavy atom. The summed E-state index contributed by atoms with van der Waals surface area (Å²) in [7, 11) is 0. The fourth-order valence-corrected chi connectivity index (χ4v) is 2.12. The van der Waals surface area contributed by atoms with Gasteiger partial charge in [0.1, 0.15) is 5.75 Å². The van der Waals surface area contributed by atoms with Gasteiger partial charge in [-0.3, -0.25) is 4.79 Å². The van der Waals surface area contributed by atoms with Gasteiger partial charge in [-0.2, -0.15) is 0 Å². The summed E-state index contributed by atoms with van der Waals surface area (Å²) in [5.74, 6) is 0.858. The topological polar surface area (TPSA) is 41.6 Å². The number of benzene rings is 1. The van der Waals surface area contributed by atoms with Gasteiger partial charge in [0.25, 0.3) is 5.91 Å². The molecule has 0 unspecified atom stereocenters. The summed E-state index contributed by atoms with van der Waals surface area (Å²) in [5.41, 5.74) is 0.711. The second-order valence-electron chi connectivity index (χ2n) is 4.36. The van der Waals surface area contributed by atoms with Crippen molar-refractivity contribution in [1.82, 2.24) is 10.2 Å². The van der Waals surface area contributed by atoms with Crippen molar-refractivity contribution in [3.8, 4) is 5.75 Å². The van der Waals surface area contributed by atoms with Gasteiger partial charge in [0.2, 0.25) is 0 Å². The van der Waals surface area contributed by atoms with Crippen molar-refractivity contribution in [2.24, 2.45) is 0 Å². The lowest BCUT2D eigenvalue weighted by Crippen LogP contribution is -2.34. The quantitative estimate of drug-likeness (QED) is 0.922. The summed E-state index contributed by atoms with van der Waals surface area (Å²) >= 11 is 0. The first-order valence-corrected chi connectivity index (χ1v) is 6.54. The third kappa shape index (κ3) is 4.40. The van der Waals surface area contributed by atoms with E-state index in [1.807, 2.05) is 36.1 Å². The minimum absolute atomic E-state index is 0. The van der Waals surface area contributed by atoms with Crippen molar-refractivity contribution in [2.45, 2.75) is 13.3 Å². The third-order valence-electron chi connectivity index (χ3n) is 3.02. The van der Waals surface area contributed by atoms with Gasteiger partial charge in [0.05, 0.1) is 6.61 Å². The van der Waals surface area contributed by atoms with E-state index in [1.54, 1.807) is 0 Å². The van der Waals surface area contributed by atoms with E-state index in [0.29, 0.717) is 12.2 Å². The minimum atomic E-state index is 0. The van der Waals surface area contributed by atoms with E-state index in [-0.39, 0.29) is 18.3 Å². The summed E-state index contributed by atoms with van der Waals surface area (Å²) in [6.45, 7) is 6.02. The van der Waals surface area contributed by atoms with Crippen LogP contribution in [0.25, 0.3) is 0 Å². The largest absolute Gasteiger partial charge is 0.494 e. The summed E-state index contributed by atoms with van der Waals surface area (Å²) in [4.78, 5) is 14.3. The number of ether oxygens (including phenoxy) is 1. The highest BCUT2D eigenvalue weighted by Crippen LogP contribution is 2.15. The molecule has 0 spiro atoms. The van der Waals surface area contributed by atoms with E-state index in [2.05, 4.69) is 5.32 Å². The van der Waals surface area contributed by atoms with E-state index < -0.39 is 0 Å². The van der Waals surface area contributed by atoms with Crippen molar-refractivity contribution in [1.29, 1.82) is 0 Å². The molecule has 1 heterocycles. The molecule has 1 amide bonds. The molecule has 1 aromatic rings. The van der Waals surface area contributed by atoms with Crippen molar-refractivity contribution in [3.05, 3.63) is 29.8 Å². The van der Waals surface area contributed by atoms with E-state index in [4.69, 9.17) is 4.74 Å². The third-order valence-corrected chi connectivity index (χ3v) is 3.02. The highest BCUT2D eigenvalue weighted by molar-refractivity contribution is 5.94. The maximum atomic E-state index is 12.4. The highest BCUT2D eigenvalue weighted by Gasteiger charge is 2.17. The number of nitrogens with zero attached hydrogens (tertiary/aromatic N) is 1. The lowest BCUT2D eigenvalue weighted by Gasteiger charge is -2.20. The van der Waals surface area contributed by atoms with Gasteiger partial charge in [-0.1, -0.05) is 6.07 Å². The molecule has 19 heavy (non-hydrogen) atoms. The summed E-state index contributed by atoms with van der Waals surface area (Å²) in [6, 6.07) is 7.42. The molecule has 1 fully saturated rings. The maximum Gasteiger partial charge on any atom is 0.254 e. The first kappa shape index (κ1) is 15.8. The van der Waals surface area contributed by atoms with Crippen LogP contribution in [0.5, 0.6) is 5.75 Å². The second kappa shape index (κ2) is 8.02. The molecule has 5 heteroatoms. The van der Waals surface area contributed by atoms with Crippen molar-refractivity contribution in [3.63, 3.8) is 0 Å². The fourth-order valence-electron chi connectivity index (χ4n) is 2.12. The van der Waals surface area contributed by atoms with Crippen molar-refractivity contribution in [2.75, 3.05) is 32.8 Å². The number of carbonyl (C=O) groups is 1. The number of carbonyl (C=O) groups excluding carboxylic acids is 1. The Kier molecular flexibility index (Phi) is 6.67. The normalized spacial score (nSPS) is 15.3. The molecule has 0 aliphatic carbocycles. The number of halogens is 1. The molecular formula is C14H21ClN2O2. The van der Waals surface area contributed by atoms with Crippen LogP contribution in [0.15, 0.2) is 24.3 Å². The molecule has 0 atom stereocenters. The number of amides is 1. The Hall–Kier alpha value is -1.26. The molecular weight excluding hydrogens is 264 g/mol. The van der Waals surface area contributed by atoms with Crippen LogP contribution in [0.1, 0.15) is 23.7 Å². The molecule has 0 aromatic heterocycles. The predicted octanol–water partition coefficient (Wildman–Crippen LogP) is 1.94. The zero-order chi connectivity index (χ0) is 12.8. The lowest BCUT2D eigenvalue weighted by atomic mass is 10.2. The van der Waals surface area contributed by atoms with E-state index in [9.17, 15) is 4.79 Å². The smallest absolute Gasteiger partial charge is 0.254 e. The van der Waals surface area contributed by atoms with Gasteiger partial charge in [-0.15, -0.1) is 12.4 Å². The standard InChI is InChI=1S/C14H20N2O2.ClH/c1-2-18-13-6-3-5-12(11-13)14(17)16-9-4-7-15-8-10-16;/h3,5-6,11,15H,2,4,7-10H2,1H3;1H. The van der Waals surface area contributed by atoms with Gasteiger partial charge in [0, 0.05) is 25.2 Å². The monoisotopic (exact) mass is 284 g/mol. The van der Waals surface area contributed by atoms with Crippen LogP contribution >= 0.6 is 12.4 Å². The summed E-state index contributed by atoms with van der Waals surface area (Å²) < 4.78 is 5.43. The van der Waals surface area contributed by atoms with Crippen LogP contribution < -0.4 is 10.1 Å². The average molecular weight is 285 g/mol. The minimum Gasteiger partial charge on any atom is -0.494 e. The number of hydrogen-bond acceptors (Lipinski definition) is 3. The van der Waals surface area contributed by atoms with Gasteiger partial charge in [-0.25, -0.2) is 0 Å². The van der Waals surface area contributed by atoms with Gasteiger partial charge < -0.3 is 15.0 Å². The van der Waals surface area contributed by atoms with E-state index >= 15 is 0 Å². The zero-order valence-corrected chi connectivity index (χ0v) is 12.0. The first-order valence-electron chi connectivity index (χ1n) is 6.54. The Morgan fingerprint density at radius 1 is 1.37 bits per heavy atom. The number of hydrogen-bond donors (Lipinski definition) is 1. The van der Waals surface area contributed by atoms with Crippen molar-refractivity contribution < 1.29 is 9.53 Å². The number of rotatable bonds is 3. The van der Waals surface area contributed by atoms with Crippen LogP contribution in [0, 0.1) is 0 Å². The molecule has 1 saturated heterocycles. The van der Waals surface area contributed by atoms with Crippen LogP contribution in [0.4, 0.5) is 0 Å². The molecule has 1 aliphatic rings. The predicted molar refractivity (Wildman–Crippen MR) is 78.2 cm³/mol. The Balaban J connectivity index is 0.00000180. The summed E-state index contributed by atoms with van der Waals surface area (Å²) in [5, 5.41) is 3.30.